The maximum absolute atomic E-state index is 10.9. The third-order valence-electron chi connectivity index (χ3n) is 4.51. The largest absolute Gasteiger partial charge is 0.465 e. The molecule has 0 aliphatic carbocycles. The zero-order chi connectivity index (χ0) is 11.6. The van der Waals surface area contributed by atoms with E-state index in [1.807, 2.05) is 0 Å². The molecule has 0 saturated carbocycles. The van der Waals surface area contributed by atoms with E-state index in [1.165, 1.54) is 56.6 Å². The molecule has 3 heteroatoms. The van der Waals surface area contributed by atoms with Crippen molar-refractivity contribution in [3.63, 3.8) is 0 Å². The van der Waals surface area contributed by atoms with Crippen LogP contribution >= 0.6 is 0 Å². The lowest BCUT2D eigenvalue weighted by Gasteiger charge is -2.51. The first-order valence-corrected chi connectivity index (χ1v) is 6.59. The zero-order valence-electron chi connectivity index (χ0n) is 10.6. The van der Waals surface area contributed by atoms with Gasteiger partial charge in [0.2, 0.25) is 0 Å². The predicted octanol–water partition coefficient (Wildman–Crippen LogP) is 1.96. The van der Waals surface area contributed by atoms with Gasteiger partial charge in [0, 0.05) is 19.3 Å². The van der Waals surface area contributed by atoms with Crippen LogP contribution in [0.2, 0.25) is 0 Å². The topological polar surface area (TPSA) is 26.3 Å². The first-order chi connectivity index (χ1) is 7.62. The molecule has 92 valence electrons. The molecule has 0 radical (unpaired) electrons. The second-order valence-corrected chi connectivity index (χ2v) is 5.69. The number of piperidine rings is 2. The first kappa shape index (κ1) is 11.9. The van der Waals surface area contributed by atoms with Crippen LogP contribution in [0.15, 0.2) is 0 Å². The summed E-state index contributed by atoms with van der Waals surface area (Å²) >= 11 is 0. The number of rotatable bonds is 2. The molecule has 0 bridgehead atoms. The summed E-state index contributed by atoms with van der Waals surface area (Å²) in [6.07, 6.45) is 6.58. The first-order valence-electron chi connectivity index (χ1n) is 6.59. The molecule has 0 amide bonds. The Morgan fingerprint density at radius 1 is 1.25 bits per heavy atom. The number of nitrogens with zero attached hydrogens (tertiary/aromatic N) is 1. The van der Waals surface area contributed by atoms with E-state index in [4.69, 9.17) is 4.74 Å². The van der Waals surface area contributed by atoms with Gasteiger partial charge in [-0.25, -0.2) is 0 Å². The summed E-state index contributed by atoms with van der Waals surface area (Å²) in [7, 11) is 2.39. The minimum absolute atomic E-state index is 0.129. The third kappa shape index (κ3) is 2.40. The summed E-state index contributed by atoms with van der Waals surface area (Å²) in [5, 5.41) is 0. The molecular formula is C13H24NO2+. The Kier molecular flexibility index (Phi) is 3.53. The van der Waals surface area contributed by atoms with Crippen molar-refractivity contribution in [1.29, 1.82) is 0 Å². The number of fused-ring (bicyclic) bond motifs is 1. The van der Waals surface area contributed by atoms with E-state index >= 15 is 0 Å². The molecule has 3 nitrogen and oxygen atoms in total. The van der Waals surface area contributed by atoms with E-state index in [2.05, 4.69) is 7.05 Å². The third-order valence-corrected chi connectivity index (χ3v) is 4.51. The number of carbonyl (C=O) groups is 1. The Balaban J connectivity index is 1.99. The van der Waals surface area contributed by atoms with Gasteiger partial charge in [-0.2, -0.15) is 0 Å². The van der Waals surface area contributed by atoms with Crippen LogP contribution in [0.25, 0.3) is 0 Å². The lowest BCUT2D eigenvalue weighted by atomic mass is 9.82. The monoisotopic (exact) mass is 226 g/mol. The Labute approximate surface area is 98.4 Å². The Morgan fingerprint density at radius 2 is 2.00 bits per heavy atom. The van der Waals surface area contributed by atoms with Crippen molar-refractivity contribution in [1.82, 2.24) is 0 Å². The van der Waals surface area contributed by atoms with Crippen molar-refractivity contribution in [3.05, 3.63) is 0 Å². The zero-order valence-corrected chi connectivity index (χ0v) is 10.6. The molecule has 0 spiro atoms. The van der Waals surface area contributed by atoms with Crippen molar-refractivity contribution >= 4 is 5.97 Å². The summed E-state index contributed by atoms with van der Waals surface area (Å²) in [5.41, 5.74) is 0. The van der Waals surface area contributed by atoms with Crippen LogP contribution < -0.4 is 0 Å². The van der Waals surface area contributed by atoms with Gasteiger partial charge >= 0.3 is 5.97 Å². The molecule has 0 N–H and O–H groups in total. The van der Waals surface area contributed by atoms with E-state index in [9.17, 15) is 4.79 Å². The normalized spacial score (nSPS) is 38.9. The fourth-order valence-electron chi connectivity index (χ4n) is 3.65. The number of quaternary nitrogens is 1. The molecule has 16 heavy (non-hydrogen) atoms. The summed E-state index contributed by atoms with van der Waals surface area (Å²) in [5.74, 6) is 0.471. The van der Waals surface area contributed by atoms with Crippen molar-refractivity contribution in [3.8, 4) is 0 Å². The molecule has 2 aliphatic heterocycles. The Bertz CT molecular complexity index is 263. The van der Waals surface area contributed by atoms with E-state index in [1.54, 1.807) is 0 Å². The van der Waals surface area contributed by atoms with E-state index in [0.29, 0.717) is 12.5 Å². The van der Waals surface area contributed by atoms with Gasteiger partial charge in [-0.3, -0.25) is 4.79 Å². The van der Waals surface area contributed by atoms with E-state index in [0.717, 1.165) is 6.04 Å². The number of hydrogen-bond acceptors (Lipinski definition) is 2. The lowest BCUT2D eigenvalue weighted by molar-refractivity contribution is -0.947. The summed E-state index contributed by atoms with van der Waals surface area (Å²) in [4.78, 5) is 10.9. The number of carbonyl (C=O) groups excluding carboxylic acids is 1. The second kappa shape index (κ2) is 4.74. The van der Waals surface area contributed by atoms with Gasteiger partial charge in [0.25, 0.3) is 0 Å². The highest BCUT2D eigenvalue weighted by molar-refractivity contribution is 5.65. The van der Waals surface area contributed by atoms with Gasteiger partial charge in [0.1, 0.15) is 0 Å². The van der Waals surface area contributed by atoms with Crippen molar-refractivity contribution < 1.29 is 14.0 Å². The SMILES string of the molecule is CC(=O)OC[C@H]1CCC[N@@+]2(C)CCCC[C@H]12. The molecule has 3 atom stereocenters. The second-order valence-electron chi connectivity index (χ2n) is 5.69. The fraction of sp³-hybridized carbons (Fsp3) is 0.923. The van der Waals surface area contributed by atoms with Crippen LogP contribution in [0.4, 0.5) is 0 Å². The fourth-order valence-corrected chi connectivity index (χ4v) is 3.65. The molecular weight excluding hydrogens is 202 g/mol. The molecule has 0 unspecified atom stereocenters. The van der Waals surface area contributed by atoms with Gasteiger partial charge in [-0.15, -0.1) is 0 Å². The predicted molar refractivity (Wildman–Crippen MR) is 62.9 cm³/mol. The Hall–Kier alpha value is -0.570. The maximum atomic E-state index is 10.9. The molecule has 2 fully saturated rings. The summed E-state index contributed by atoms with van der Waals surface area (Å²) in [6.45, 7) is 4.80. The average molecular weight is 226 g/mol. The van der Waals surface area contributed by atoms with Crippen LogP contribution in [-0.2, 0) is 9.53 Å². The van der Waals surface area contributed by atoms with Gasteiger partial charge in [-0.1, -0.05) is 0 Å². The van der Waals surface area contributed by atoms with Crippen LogP contribution in [0, 0.1) is 5.92 Å². The highest BCUT2D eigenvalue weighted by atomic mass is 16.5. The number of ether oxygens (including phenoxy) is 1. The number of esters is 1. The molecule has 2 aliphatic rings. The van der Waals surface area contributed by atoms with Crippen molar-refractivity contribution in [2.75, 3.05) is 26.7 Å². The van der Waals surface area contributed by atoms with Crippen molar-refractivity contribution in [2.45, 2.75) is 45.1 Å². The van der Waals surface area contributed by atoms with E-state index < -0.39 is 0 Å². The summed E-state index contributed by atoms with van der Waals surface area (Å²) < 4.78 is 6.45. The van der Waals surface area contributed by atoms with E-state index in [-0.39, 0.29) is 5.97 Å². The molecule has 0 aromatic heterocycles. The van der Waals surface area contributed by atoms with Crippen LogP contribution in [0.1, 0.15) is 39.0 Å². The summed E-state index contributed by atoms with van der Waals surface area (Å²) in [6, 6.07) is 0.738. The van der Waals surface area contributed by atoms with Crippen LogP contribution in [0.5, 0.6) is 0 Å². The van der Waals surface area contributed by atoms with Crippen molar-refractivity contribution in [2.24, 2.45) is 5.92 Å². The molecule has 2 heterocycles. The standard InChI is InChI=1S/C13H24NO2/c1-11(15)16-10-12-6-5-9-14(2)8-4-3-7-13(12)14/h12-13H,3-10H2,1-2H3/q+1/t12-,13-,14-/m1/s1. The quantitative estimate of drug-likeness (QED) is 0.531. The van der Waals surface area contributed by atoms with Crippen LogP contribution in [-0.4, -0.2) is 43.2 Å². The highest BCUT2D eigenvalue weighted by Gasteiger charge is 2.43. The van der Waals surface area contributed by atoms with Gasteiger partial charge < -0.3 is 9.22 Å². The average Bonchev–Trinajstić information content (AvgIpc) is 2.25. The highest BCUT2D eigenvalue weighted by Crippen LogP contribution is 2.35. The lowest BCUT2D eigenvalue weighted by Crippen LogP contribution is -2.61. The van der Waals surface area contributed by atoms with Gasteiger partial charge in [0.05, 0.1) is 32.8 Å². The van der Waals surface area contributed by atoms with Gasteiger partial charge in [0.15, 0.2) is 0 Å². The van der Waals surface area contributed by atoms with Crippen LogP contribution in [0.3, 0.4) is 0 Å². The molecule has 0 aromatic rings. The smallest absolute Gasteiger partial charge is 0.302 e. The number of hydrogen-bond donors (Lipinski definition) is 0. The maximum Gasteiger partial charge on any atom is 0.302 e. The molecule has 2 rings (SSSR count). The minimum Gasteiger partial charge on any atom is -0.465 e. The minimum atomic E-state index is -0.129. The molecule has 2 saturated heterocycles. The molecule has 0 aromatic carbocycles. The van der Waals surface area contributed by atoms with Gasteiger partial charge in [-0.05, 0) is 25.7 Å². The Morgan fingerprint density at radius 3 is 2.75 bits per heavy atom.